The molecule has 0 radical (unpaired) electrons. The minimum Gasteiger partial charge on any atom is -0.383 e. The quantitative estimate of drug-likeness (QED) is 0.806. The molecule has 2 heterocycles. The zero-order valence-corrected chi connectivity index (χ0v) is 11.3. The van der Waals surface area contributed by atoms with Gasteiger partial charge in [0.25, 0.3) is 5.91 Å². The SMILES string of the molecule is CCCCNC(=O)c1cnc(-c2cccnc2)nc1N. The van der Waals surface area contributed by atoms with E-state index < -0.39 is 0 Å². The normalized spacial score (nSPS) is 10.2. The van der Waals surface area contributed by atoms with Crippen molar-refractivity contribution in [2.24, 2.45) is 0 Å². The van der Waals surface area contributed by atoms with Crippen molar-refractivity contribution in [1.29, 1.82) is 0 Å². The molecule has 1 amide bonds. The smallest absolute Gasteiger partial charge is 0.256 e. The second-order valence-electron chi connectivity index (χ2n) is 4.34. The van der Waals surface area contributed by atoms with E-state index in [1.165, 1.54) is 6.20 Å². The van der Waals surface area contributed by atoms with Crippen molar-refractivity contribution in [3.8, 4) is 11.4 Å². The van der Waals surface area contributed by atoms with Crippen molar-refractivity contribution in [2.45, 2.75) is 19.8 Å². The van der Waals surface area contributed by atoms with Crippen LogP contribution in [0.25, 0.3) is 11.4 Å². The summed E-state index contributed by atoms with van der Waals surface area (Å²) in [5.74, 6) is 0.391. The van der Waals surface area contributed by atoms with E-state index in [1.54, 1.807) is 18.5 Å². The first-order chi connectivity index (χ1) is 9.72. The molecule has 0 aromatic carbocycles. The molecule has 0 atom stereocenters. The van der Waals surface area contributed by atoms with Crippen LogP contribution in [-0.4, -0.2) is 27.4 Å². The van der Waals surface area contributed by atoms with Crippen molar-refractivity contribution < 1.29 is 4.79 Å². The van der Waals surface area contributed by atoms with Crippen LogP contribution in [0.5, 0.6) is 0 Å². The minimum atomic E-state index is -0.242. The molecule has 0 bridgehead atoms. The molecule has 0 unspecified atom stereocenters. The molecule has 0 saturated heterocycles. The molecule has 0 aliphatic carbocycles. The molecule has 6 heteroatoms. The lowest BCUT2D eigenvalue weighted by Gasteiger charge is -2.07. The maximum Gasteiger partial charge on any atom is 0.256 e. The molecular weight excluding hydrogens is 254 g/mol. The Hall–Kier alpha value is -2.50. The summed E-state index contributed by atoms with van der Waals surface area (Å²) in [5, 5.41) is 2.79. The highest BCUT2D eigenvalue weighted by Gasteiger charge is 2.12. The van der Waals surface area contributed by atoms with Crippen molar-refractivity contribution in [1.82, 2.24) is 20.3 Å². The summed E-state index contributed by atoms with van der Waals surface area (Å²) in [5.41, 5.74) is 6.89. The number of nitrogens with two attached hydrogens (primary N) is 1. The van der Waals surface area contributed by atoms with Crippen LogP contribution in [0.2, 0.25) is 0 Å². The lowest BCUT2D eigenvalue weighted by Crippen LogP contribution is -2.25. The maximum absolute atomic E-state index is 11.9. The third-order valence-electron chi connectivity index (χ3n) is 2.80. The number of carbonyl (C=O) groups excluding carboxylic acids is 1. The molecule has 0 fully saturated rings. The van der Waals surface area contributed by atoms with Crippen LogP contribution in [0.15, 0.2) is 30.7 Å². The lowest BCUT2D eigenvalue weighted by atomic mass is 10.2. The van der Waals surface area contributed by atoms with E-state index in [9.17, 15) is 4.79 Å². The van der Waals surface area contributed by atoms with Crippen LogP contribution in [0.1, 0.15) is 30.1 Å². The Morgan fingerprint density at radius 2 is 2.25 bits per heavy atom. The number of nitrogen functional groups attached to an aromatic ring is 1. The third kappa shape index (κ3) is 3.28. The average Bonchev–Trinajstić information content (AvgIpc) is 2.48. The monoisotopic (exact) mass is 271 g/mol. The Kier molecular flexibility index (Phi) is 4.60. The second kappa shape index (κ2) is 6.60. The highest BCUT2D eigenvalue weighted by molar-refractivity contribution is 5.98. The Balaban J connectivity index is 2.16. The number of aromatic nitrogens is 3. The summed E-state index contributed by atoms with van der Waals surface area (Å²) in [6, 6.07) is 3.63. The van der Waals surface area contributed by atoms with Gasteiger partial charge in [0.2, 0.25) is 0 Å². The highest BCUT2D eigenvalue weighted by Crippen LogP contribution is 2.16. The van der Waals surface area contributed by atoms with Gasteiger partial charge in [-0.05, 0) is 18.6 Å². The first kappa shape index (κ1) is 13.9. The van der Waals surface area contributed by atoms with Crippen molar-refractivity contribution in [3.63, 3.8) is 0 Å². The van der Waals surface area contributed by atoms with E-state index in [0.717, 1.165) is 18.4 Å². The second-order valence-corrected chi connectivity index (χ2v) is 4.34. The van der Waals surface area contributed by atoms with E-state index in [4.69, 9.17) is 5.73 Å². The molecule has 0 aliphatic rings. The molecule has 104 valence electrons. The Morgan fingerprint density at radius 3 is 2.90 bits per heavy atom. The van der Waals surface area contributed by atoms with Gasteiger partial charge in [-0.2, -0.15) is 0 Å². The van der Waals surface area contributed by atoms with E-state index in [0.29, 0.717) is 17.9 Å². The Bertz CT molecular complexity index is 585. The van der Waals surface area contributed by atoms with Gasteiger partial charge < -0.3 is 11.1 Å². The fourth-order valence-corrected chi connectivity index (χ4v) is 1.68. The number of hydrogen-bond acceptors (Lipinski definition) is 5. The molecule has 3 N–H and O–H groups in total. The Morgan fingerprint density at radius 1 is 1.40 bits per heavy atom. The Labute approximate surface area is 117 Å². The van der Waals surface area contributed by atoms with E-state index >= 15 is 0 Å². The number of nitrogens with one attached hydrogen (secondary N) is 1. The number of unbranched alkanes of at least 4 members (excludes halogenated alkanes) is 1. The van der Waals surface area contributed by atoms with E-state index in [1.807, 2.05) is 6.07 Å². The molecule has 0 aliphatic heterocycles. The molecule has 2 aromatic rings. The summed E-state index contributed by atoms with van der Waals surface area (Å²) in [7, 11) is 0. The molecule has 2 rings (SSSR count). The van der Waals surface area contributed by atoms with Gasteiger partial charge in [0, 0.05) is 30.7 Å². The molecule has 2 aromatic heterocycles. The van der Waals surface area contributed by atoms with Crippen LogP contribution in [0.3, 0.4) is 0 Å². The molecule has 0 spiro atoms. The molecular formula is C14H17N5O. The fraction of sp³-hybridized carbons (Fsp3) is 0.286. The number of rotatable bonds is 5. The van der Waals surface area contributed by atoms with Gasteiger partial charge in [-0.1, -0.05) is 13.3 Å². The minimum absolute atomic E-state index is 0.174. The number of carbonyl (C=O) groups is 1. The van der Waals surface area contributed by atoms with Crippen molar-refractivity contribution >= 4 is 11.7 Å². The standard InChI is InChI=1S/C14H17N5O/c1-2-3-7-17-14(20)11-9-18-13(19-12(11)15)10-5-4-6-16-8-10/h4-6,8-9H,2-3,7H2,1H3,(H,17,20)(H2,15,18,19). The largest absolute Gasteiger partial charge is 0.383 e. The summed E-state index contributed by atoms with van der Waals surface area (Å²) in [6.07, 6.45) is 6.72. The van der Waals surface area contributed by atoms with Crippen LogP contribution < -0.4 is 11.1 Å². The molecule has 6 nitrogen and oxygen atoms in total. The lowest BCUT2D eigenvalue weighted by molar-refractivity contribution is 0.0953. The zero-order valence-electron chi connectivity index (χ0n) is 11.3. The topological polar surface area (TPSA) is 93.8 Å². The number of pyridine rings is 1. The summed E-state index contributed by atoms with van der Waals surface area (Å²) >= 11 is 0. The summed E-state index contributed by atoms with van der Waals surface area (Å²) in [4.78, 5) is 24.2. The van der Waals surface area contributed by atoms with E-state index in [2.05, 4.69) is 27.2 Å². The van der Waals surface area contributed by atoms with Gasteiger partial charge >= 0.3 is 0 Å². The molecule has 20 heavy (non-hydrogen) atoms. The van der Waals surface area contributed by atoms with Gasteiger partial charge in [-0.25, -0.2) is 9.97 Å². The summed E-state index contributed by atoms with van der Waals surface area (Å²) < 4.78 is 0. The predicted octanol–water partition coefficient (Wildman–Crippen LogP) is 1.65. The zero-order chi connectivity index (χ0) is 14.4. The van der Waals surface area contributed by atoms with Crippen molar-refractivity contribution in [3.05, 3.63) is 36.3 Å². The van der Waals surface area contributed by atoms with Crippen molar-refractivity contribution in [2.75, 3.05) is 12.3 Å². The number of amides is 1. The van der Waals surface area contributed by atoms with Gasteiger partial charge in [0.1, 0.15) is 5.82 Å². The van der Waals surface area contributed by atoms with Gasteiger partial charge in [0.05, 0.1) is 5.56 Å². The number of hydrogen-bond donors (Lipinski definition) is 2. The first-order valence-electron chi connectivity index (χ1n) is 6.53. The van der Waals surface area contributed by atoms with Gasteiger partial charge in [-0.3, -0.25) is 9.78 Å². The van der Waals surface area contributed by atoms with Crippen LogP contribution in [-0.2, 0) is 0 Å². The van der Waals surface area contributed by atoms with Crippen LogP contribution >= 0.6 is 0 Å². The first-order valence-corrected chi connectivity index (χ1v) is 6.53. The van der Waals surface area contributed by atoms with Crippen LogP contribution in [0, 0.1) is 0 Å². The maximum atomic E-state index is 11.9. The van der Waals surface area contributed by atoms with Gasteiger partial charge in [0.15, 0.2) is 5.82 Å². The fourth-order valence-electron chi connectivity index (χ4n) is 1.68. The number of nitrogens with zero attached hydrogens (tertiary/aromatic N) is 3. The van der Waals surface area contributed by atoms with E-state index in [-0.39, 0.29) is 11.7 Å². The van der Waals surface area contributed by atoms with Crippen LogP contribution in [0.4, 0.5) is 5.82 Å². The third-order valence-corrected chi connectivity index (χ3v) is 2.80. The number of anilines is 1. The van der Waals surface area contributed by atoms with Gasteiger partial charge in [-0.15, -0.1) is 0 Å². The predicted molar refractivity (Wildman–Crippen MR) is 76.9 cm³/mol. The summed E-state index contributed by atoms with van der Waals surface area (Å²) in [6.45, 7) is 2.69. The highest BCUT2D eigenvalue weighted by atomic mass is 16.1. The molecule has 0 saturated carbocycles. The average molecular weight is 271 g/mol.